The number of fused-ring (bicyclic) bond motifs is 1. The zero-order valence-electron chi connectivity index (χ0n) is 21.0. The Kier molecular flexibility index (Phi) is 10.3. The van der Waals surface area contributed by atoms with Gasteiger partial charge in [0.1, 0.15) is 10.3 Å². The standard InChI is InChI=1S/C26H36N2O3S3/c1-7-8-9-10-17-12-18-13-20(30-3)21(31-4)14-19(18)24(34-15-17)25(29)28-23-22(32-5)11-16(2)27-26(23)33-6/h11,13-14,17,24H,7-10,12,15H2,1-6H3,(H,28,29). The number of hydrogen-bond donors (Lipinski definition) is 1. The van der Waals surface area contributed by atoms with Gasteiger partial charge in [-0.05, 0) is 73.3 Å². The largest absolute Gasteiger partial charge is 0.493 e. The van der Waals surface area contributed by atoms with Crippen molar-refractivity contribution in [2.75, 3.05) is 37.8 Å². The van der Waals surface area contributed by atoms with Gasteiger partial charge in [0.05, 0.1) is 19.9 Å². The molecule has 0 aliphatic carbocycles. The number of anilines is 1. The lowest BCUT2D eigenvalue weighted by Gasteiger charge is -2.21. The number of rotatable bonds is 10. The molecule has 0 saturated carbocycles. The van der Waals surface area contributed by atoms with Crippen molar-refractivity contribution in [1.82, 2.24) is 4.98 Å². The van der Waals surface area contributed by atoms with Crippen LogP contribution in [0.1, 0.15) is 54.7 Å². The molecule has 2 heterocycles. The third-order valence-electron chi connectivity index (χ3n) is 6.13. The molecule has 0 bridgehead atoms. The fraction of sp³-hybridized carbons (Fsp3) is 0.538. The van der Waals surface area contributed by atoms with Crippen LogP contribution in [-0.2, 0) is 11.2 Å². The molecule has 0 radical (unpaired) electrons. The molecule has 0 spiro atoms. The Balaban J connectivity index is 1.97. The summed E-state index contributed by atoms with van der Waals surface area (Å²) >= 11 is 4.93. The van der Waals surface area contributed by atoms with Gasteiger partial charge < -0.3 is 14.8 Å². The number of nitrogens with zero attached hydrogens (tertiary/aromatic N) is 1. The Morgan fingerprint density at radius 2 is 1.88 bits per heavy atom. The van der Waals surface area contributed by atoms with Gasteiger partial charge in [-0.25, -0.2) is 4.98 Å². The first-order valence-corrected chi connectivity index (χ1v) is 15.2. The van der Waals surface area contributed by atoms with E-state index in [1.807, 2.05) is 31.6 Å². The van der Waals surface area contributed by atoms with E-state index in [1.54, 1.807) is 49.5 Å². The quantitative estimate of drug-likeness (QED) is 0.267. The number of aromatic nitrogens is 1. The SMILES string of the molecule is CCCCCC1CSC(C(=O)Nc2c(SC)cc(C)nc2SC)c2cc(OC)c(OC)cc2C1. The molecule has 8 heteroatoms. The molecule has 1 N–H and O–H groups in total. The first-order valence-electron chi connectivity index (χ1n) is 11.7. The van der Waals surface area contributed by atoms with Crippen LogP contribution in [0.15, 0.2) is 28.1 Å². The Morgan fingerprint density at radius 3 is 2.53 bits per heavy atom. The Bertz CT molecular complexity index is 974. The van der Waals surface area contributed by atoms with Crippen molar-refractivity contribution >= 4 is 46.9 Å². The van der Waals surface area contributed by atoms with Crippen LogP contribution in [0.2, 0.25) is 0 Å². The maximum atomic E-state index is 13.8. The summed E-state index contributed by atoms with van der Waals surface area (Å²) in [5.74, 6) is 2.87. The highest BCUT2D eigenvalue weighted by atomic mass is 32.2. The molecule has 0 saturated heterocycles. The zero-order chi connectivity index (χ0) is 24.7. The Morgan fingerprint density at radius 1 is 1.15 bits per heavy atom. The van der Waals surface area contributed by atoms with Crippen molar-refractivity contribution in [2.24, 2.45) is 5.92 Å². The predicted octanol–water partition coefficient (Wildman–Crippen LogP) is 7.02. The normalized spacial score (nSPS) is 17.6. The van der Waals surface area contributed by atoms with Gasteiger partial charge in [0, 0.05) is 10.6 Å². The van der Waals surface area contributed by atoms with Gasteiger partial charge in [-0.15, -0.1) is 35.3 Å². The molecule has 1 aromatic carbocycles. The Hall–Kier alpha value is -1.51. The summed E-state index contributed by atoms with van der Waals surface area (Å²) in [6, 6.07) is 6.10. The molecule has 2 unspecified atom stereocenters. The molecule has 3 rings (SSSR count). The number of benzene rings is 1. The first-order chi connectivity index (χ1) is 16.4. The van der Waals surface area contributed by atoms with E-state index in [-0.39, 0.29) is 11.2 Å². The van der Waals surface area contributed by atoms with Crippen molar-refractivity contribution in [2.45, 2.75) is 61.1 Å². The minimum atomic E-state index is -0.323. The van der Waals surface area contributed by atoms with E-state index < -0.39 is 0 Å². The van der Waals surface area contributed by atoms with Gasteiger partial charge in [0.15, 0.2) is 11.5 Å². The van der Waals surface area contributed by atoms with Crippen LogP contribution in [0.4, 0.5) is 5.69 Å². The monoisotopic (exact) mass is 520 g/mol. The van der Waals surface area contributed by atoms with Crippen molar-refractivity contribution in [1.29, 1.82) is 0 Å². The maximum absolute atomic E-state index is 13.8. The number of nitrogens with one attached hydrogen (secondary N) is 1. The molecule has 1 aliphatic rings. The molecule has 5 nitrogen and oxygen atoms in total. The summed E-state index contributed by atoms with van der Waals surface area (Å²) in [5.41, 5.74) is 3.96. The highest BCUT2D eigenvalue weighted by molar-refractivity contribution is 8.00. The van der Waals surface area contributed by atoms with Crippen molar-refractivity contribution in [3.8, 4) is 11.5 Å². The average Bonchev–Trinajstić information content (AvgIpc) is 3.02. The molecule has 34 heavy (non-hydrogen) atoms. The maximum Gasteiger partial charge on any atom is 0.242 e. The highest BCUT2D eigenvalue weighted by Gasteiger charge is 2.31. The molecule has 2 atom stereocenters. The lowest BCUT2D eigenvalue weighted by molar-refractivity contribution is -0.115. The van der Waals surface area contributed by atoms with Crippen LogP contribution >= 0.6 is 35.3 Å². The van der Waals surface area contributed by atoms with Crippen LogP contribution in [-0.4, -0.2) is 43.4 Å². The minimum absolute atomic E-state index is 0.0102. The van der Waals surface area contributed by atoms with E-state index in [0.717, 1.165) is 44.8 Å². The summed E-state index contributed by atoms with van der Waals surface area (Å²) < 4.78 is 11.2. The second kappa shape index (κ2) is 13.0. The third-order valence-corrected chi connectivity index (χ3v) is 9.04. The topological polar surface area (TPSA) is 60.5 Å². The van der Waals surface area contributed by atoms with E-state index in [1.165, 1.54) is 31.2 Å². The van der Waals surface area contributed by atoms with Gasteiger partial charge in [-0.3, -0.25) is 4.79 Å². The first kappa shape index (κ1) is 27.1. The lowest BCUT2D eigenvalue weighted by Crippen LogP contribution is -2.21. The van der Waals surface area contributed by atoms with Gasteiger partial charge >= 0.3 is 0 Å². The molecule has 1 amide bonds. The molecule has 1 aromatic heterocycles. The van der Waals surface area contributed by atoms with Crippen LogP contribution in [0.25, 0.3) is 0 Å². The zero-order valence-corrected chi connectivity index (χ0v) is 23.5. The number of carbonyl (C=O) groups is 1. The summed E-state index contributed by atoms with van der Waals surface area (Å²) in [6.07, 6.45) is 9.85. The Labute approximate surface area is 216 Å². The molecule has 186 valence electrons. The van der Waals surface area contributed by atoms with Crippen molar-refractivity contribution in [3.63, 3.8) is 0 Å². The van der Waals surface area contributed by atoms with Crippen LogP contribution in [0.5, 0.6) is 11.5 Å². The second-order valence-corrected chi connectivity index (χ2v) is 11.3. The number of pyridine rings is 1. The van der Waals surface area contributed by atoms with E-state index in [0.29, 0.717) is 11.7 Å². The van der Waals surface area contributed by atoms with E-state index in [9.17, 15) is 4.79 Å². The number of aryl methyl sites for hydroxylation is 1. The van der Waals surface area contributed by atoms with E-state index >= 15 is 0 Å². The fourth-order valence-corrected chi connectivity index (χ4v) is 7.03. The minimum Gasteiger partial charge on any atom is -0.493 e. The van der Waals surface area contributed by atoms with Gasteiger partial charge in [0.25, 0.3) is 0 Å². The molecule has 0 fully saturated rings. The highest BCUT2D eigenvalue weighted by Crippen LogP contribution is 2.44. The molecule has 1 aliphatic heterocycles. The van der Waals surface area contributed by atoms with E-state index in [2.05, 4.69) is 23.3 Å². The predicted molar refractivity (Wildman–Crippen MR) is 147 cm³/mol. The van der Waals surface area contributed by atoms with Gasteiger partial charge in [-0.1, -0.05) is 26.2 Å². The third kappa shape index (κ3) is 6.38. The number of methoxy groups -OCH3 is 2. The second-order valence-electron chi connectivity index (χ2n) is 8.52. The van der Waals surface area contributed by atoms with Crippen molar-refractivity contribution in [3.05, 3.63) is 35.0 Å². The summed E-state index contributed by atoms with van der Waals surface area (Å²) in [6.45, 7) is 4.22. The van der Waals surface area contributed by atoms with Crippen LogP contribution in [0.3, 0.4) is 0 Å². The number of ether oxygens (including phenoxy) is 2. The average molecular weight is 521 g/mol. The van der Waals surface area contributed by atoms with Crippen LogP contribution in [0, 0.1) is 12.8 Å². The fourth-order valence-electron chi connectivity index (χ4n) is 4.36. The lowest BCUT2D eigenvalue weighted by atomic mass is 9.91. The van der Waals surface area contributed by atoms with Crippen molar-refractivity contribution < 1.29 is 14.3 Å². The molecule has 2 aromatic rings. The molecular formula is C26H36N2O3S3. The smallest absolute Gasteiger partial charge is 0.242 e. The van der Waals surface area contributed by atoms with Crippen LogP contribution < -0.4 is 14.8 Å². The number of hydrogen-bond acceptors (Lipinski definition) is 7. The summed E-state index contributed by atoms with van der Waals surface area (Å²) in [4.78, 5) is 19.5. The molecular weight excluding hydrogens is 484 g/mol. The number of carbonyl (C=O) groups excluding carboxylic acids is 1. The summed E-state index contributed by atoms with van der Waals surface area (Å²) in [5, 5.41) is 3.77. The number of thioether (sulfide) groups is 3. The van der Waals surface area contributed by atoms with Gasteiger partial charge in [0.2, 0.25) is 5.91 Å². The van der Waals surface area contributed by atoms with Gasteiger partial charge in [-0.2, -0.15) is 0 Å². The number of unbranched alkanes of at least 4 members (excludes halogenated alkanes) is 2. The summed E-state index contributed by atoms with van der Waals surface area (Å²) in [7, 11) is 3.31. The van der Waals surface area contributed by atoms with E-state index in [4.69, 9.17) is 9.47 Å². The number of amides is 1.